The first-order chi connectivity index (χ1) is 6.82. The second-order valence-electron chi connectivity index (χ2n) is 5.00. The van der Waals surface area contributed by atoms with Gasteiger partial charge in [-0.3, -0.25) is 4.79 Å². The third kappa shape index (κ3) is 2.90. The molecule has 0 saturated carbocycles. The maximum atomic E-state index is 11.9. The van der Waals surface area contributed by atoms with Crippen molar-refractivity contribution in [2.75, 3.05) is 0 Å². The van der Waals surface area contributed by atoms with Gasteiger partial charge in [-0.15, -0.1) is 0 Å². The Bertz CT molecular complexity index is 361. The van der Waals surface area contributed by atoms with Crippen molar-refractivity contribution in [3.63, 3.8) is 0 Å². The summed E-state index contributed by atoms with van der Waals surface area (Å²) >= 11 is 0. The fourth-order valence-electron chi connectivity index (χ4n) is 1.35. The van der Waals surface area contributed by atoms with E-state index in [1.165, 1.54) is 0 Å². The average Bonchev–Trinajstić information content (AvgIpc) is 2.14. The van der Waals surface area contributed by atoms with E-state index in [2.05, 4.69) is 0 Å². The summed E-state index contributed by atoms with van der Waals surface area (Å²) in [5.74, 6) is -0.203. The Hall–Kier alpha value is -1.15. The highest BCUT2D eigenvalue weighted by Gasteiger charge is 2.29. The average molecular weight is 206 g/mol. The van der Waals surface area contributed by atoms with Gasteiger partial charge in [-0.2, -0.15) is 0 Å². The van der Waals surface area contributed by atoms with Gasteiger partial charge in [0, 0.05) is 5.56 Å². The van der Waals surface area contributed by atoms with Gasteiger partial charge < -0.3 is 5.11 Å². The van der Waals surface area contributed by atoms with Crippen LogP contribution >= 0.6 is 0 Å². The minimum absolute atomic E-state index is 0.203. The van der Waals surface area contributed by atoms with E-state index in [0.29, 0.717) is 5.56 Å². The van der Waals surface area contributed by atoms with E-state index in [1.54, 1.807) is 12.1 Å². The van der Waals surface area contributed by atoms with Gasteiger partial charge in [0.25, 0.3) is 0 Å². The Labute approximate surface area is 90.9 Å². The number of aryl methyl sites for hydroxylation is 1. The highest BCUT2D eigenvalue weighted by molar-refractivity contribution is 5.99. The molecule has 0 amide bonds. The molecule has 1 aromatic carbocycles. The zero-order chi connectivity index (χ0) is 11.6. The molecule has 0 fully saturated rings. The molecule has 0 aliphatic rings. The van der Waals surface area contributed by atoms with Crippen molar-refractivity contribution in [1.82, 2.24) is 0 Å². The Kier molecular flexibility index (Phi) is 3.30. The van der Waals surface area contributed by atoms with Crippen molar-refractivity contribution >= 4 is 5.78 Å². The SMILES string of the molecule is Cc1cccc(C(=O)C(O)C(C)(C)C)c1. The van der Waals surface area contributed by atoms with Crippen LogP contribution in [0.4, 0.5) is 0 Å². The minimum atomic E-state index is -0.945. The number of hydrogen-bond acceptors (Lipinski definition) is 2. The second kappa shape index (κ2) is 4.15. The molecule has 1 rings (SSSR count). The smallest absolute Gasteiger partial charge is 0.191 e. The first kappa shape index (κ1) is 11.9. The van der Waals surface area contributed by atoms with Crippen LogP contribution in [0.3, 0.4) is 0 Å². The van der Waals surface area contributed by atoms with Gasteiger partial charge in [0.2, 0.25) is 0 Å². The van der Waals surface area contributed by atoms with Crippen molar-refractivity contribution in [2.45, 2.75) is 33.8 Å². The van der Waals surface area contributed by atoms with Gasteiger partial charge in [-0.25, -0.2) is 0 Å². The Morgan fingerprint density at radius 3 is 2.40 bits per heavy atom. The molecule has 1 unspecified atom stereocenters. The summed E-state index contributed by atoms with van der Waals surface area (Å²) < 4.78 is 0. The lowest BCUT2D eigenvalue weighted by Gasteiger charge is -2.24. The van der Waals surface area contributed by atoms with Gasteiger partial charge in [-0.1, -0.05) is 44.5 Å². The van der Waals surface area contributed by atoms with E-state index in [-0.39, 0.29) is 5.78 Å². The lowest BCUT2D eigenvalue weighted by molar-refractivity contribution is 0.0442. The van der Waals surface area contributed by atoms with Crippen LogP contribution in [0, 0.1) is 12.3 Å². The number of carbonyl (C=O) groups is 1. The van der Waals surface area contributed by atoms with E-state index < -0.39 is 11.5 Å². The molecule has 0 radical (unpaired) electrons. The normalized spacial score (nSPS) is 13.7. The van der Waals surface area contributed by atoms with Gasteiger partial charge in [0.15, 0.2) is 5.78 Å². The summed E-state index contributed by atoms with van der Waals surface area (Å²) in [6.45, 7) is 7.49. The maximum Gasteiger partial charge on any atom is 0.191 e. The molecule has 0 heterocycles. The van der Waals surface area contributed by atoms with Crippen LogP contribution in [0.1, 0.15) is 36.7 Å². The Morgan fingerprint density at radius 2 is 1.93 bits per heavy atom. The van der Waals surface area contributed by atoms with E-state index in [1.807, 2.05) is 39.8 Å². The molecule has 2 heteroatoms. The van der Waals surface area contributed by atoms with E-state index >= 15 is 0 Å². The van der Waals surface area contributed by atoms with Crippen molar-refractivity contribution in [3.8, 4) is 0 Å². The van der Waals surface area contributed by atoms with Gasteiger partial charge in [-0.05, 0) is 18.4 Å². The first-order valence-electron chi connectivity index (χ1n) is 5.11. The minimum Gasteiger partial charge on any atom is -0.384 e. The van der Waals surface area contributed by atoms with Crippen LogP contribution in [0.15, 0.2) is 24.3 Å². The number of aliphatic hydroxyl groups is 1. The zero-order valence-electron chi connectivity index (χ0n) is 9.74. The summed E-state index contributed by atoms with van der Waals surface area (Å²) in [6, 6.07) is 7.31. The number of hydrogen-bond donors (Lipinski definition) is 1. The van der Waals surface area contributed by atoms with Crippen molar-refractivity contribution in [1.29, 1.82) is 0 Å². The molecule has 0 aromatic heterocycles. The van der Waals surface area contributed by atoms with Crippen molar-refractivity contribution in [2.24, 2.45) is 5.41 Å². The third-order valence-electron chi connectivity index (χ3n) is 2.37. The van der Waals surface area contributed by atoms with Gasteiger partial charge in [0.1, 0.15) is 6.10 Å². The summed E-state index contributed by atoms with van der Waals surface area (Å²) in [6.07, 6.45) is -0.945. The van der Waals surface area contributed by atoms with Crippen molar-refractivity contribution in [3.05, 3.63) is 35.4 Å². The number of benzene rings is 1. The molecular formula is C13H18O2. The van der Waals surface area contributed by atoms with Crippen LogP contribution in [-0.4, -0.2) is 17.0 Å². The largest absolute Gasteiger partial charge is 0.384 e. The lowest BCUT2D eigenvalue weighted by atomic mass is 9.84. The molecule has 0 aliphatic heterocycles. The molecule has 82 valence electrons. The zero-order valence-corrected chi connectivity index (χ0v) is 9.74. The highest BCUT2D eigenvalue weighted by atomic mass is 16.3. The summed E-state index contributed by atoms with van der Waals surface area (Å²) in [4.78, 5) is 11.9. The van der Waals surface area contributed by atoms with Crippen LogP contribution < -0.4 is 0 Å². The molecule has 0 saturated heterocycles. The quantitative estimate of drug-likeness (QED) is 0.755. The van der Waals surface area contributed by atoms with E-state index in [4.69, 9.17) is 0 Å². The van der Waals surface area contributed by atoms with Crippen LogP contribution in [0.25, 0.3) is 0 Å². The topological polar surface area (TPSA) is 37.3 Å². The predicted molar refractivity (Wildman–Crippen MR) is 61.0 cm³/mol. The van der Waals surface area contributed by atoms with Crippen LogP contribution in [0.5, 0.6) is 0 Å². The highest BCUT2D eigenvalue weighted by Crippen LogP contribution is 2.22. The molecule has 0 spiro atoms. The molecular weight excluding hydrogens is 188 g/mol. The Morgan fingerprint density at radius 1 is 1.33 bits per heavy atom. The number of ketones is 1. The molecule has 0 bridgehead atoms. The number of carbonyl (C=O) groups excluding carboxylic acids is 1. The Balaban J connectivity index is 2.95. The molecule has 2 nitrogen and oxygen atoms in total. The van der Waals surface area contributed by atoms with Crippen LogP contribution in [0.2, 0.25) is 0 Å². The van der Waals surface area contributed by atoms with E-state index in [0.717, 1.165) is 5.56 Å². The molecule has 15 heavy (non-hydrogen) atoms. The number of rotatable bonds is 2. The van der Waals surface area contributed by atoms with Crippen LogP contribution in [-0.2, 0) is 0 Å². The van der Waals surface area contributed by atoms with Gasteiger partial charge in [0.05, 0.1) is 0 Å². The monoisotopic (exact) mass is 206 g/mol. The second-order valence-corrected chi connectivity index (χ2v) is 5.00. The molecule has 1 atom stereocenters. The summed E-state index contributed by atoms with van der Waals surface area (Å²) in [7, 11) is 0. The third-order valence-corrected chi connectivity index (χ3v) is 2.37. The van der Waals surface area contributed by atoms with E-state index in [9.17, 15) is 9.90 Å². The van der Waals surface area contributed by atoms with Crippen molar-refractivity contribution < 1.29 is 9.90 Å². The summed E-state index contributed by atoms with van der Waals surface area (Å²) in [5.41, 5.74) is 1.19. The lowest BCUT2D eigenvalue weighted by Crippen LogP contribution is -2.34. The molecule has 0 aliphatic carbocycles. The van der Waals surface area contributed by atoms with Gasteiger partial charge >= 0.3 is 0 Å². The maximum absolute atomic E-state index is 11.9. The fourth-order valence-corrected chi connectivity index (χ4v) is 1.35. The number of Topliss-reactive ketones (excluding diaryl/α,β-unsaturated/α-hetero) is 1. The standard InChI is InChI=1S/C13H18O2/c1-9-6-5-7-10(8-9)11(14)12(15)13(2,3)4/h5-8,12,15H,1-4H3. The number of aliphatic hydroxyl groups excluding tert-OH is 1. The molecule has 1 N–H and O–H groups in total. The fraction of sp³-hybridized carbons (Fsp3) is 0.462. The first-order valence-corrected chi connectivity index (χ1v) is 5.11. The summed E-state index contributed by atoms with van der Waals surface area (Å²) in [5, 5.41) is 9.85. The predicted octanol–water partition coefficient (Wildman–Crippen LogP) is 2.58. The molecule has 1 aromatic rings.